The van der Waals surface area contributed by atoms with Gasteiger partial charge in [-0.05, 0) is 116 Å². The molecule has 1 amide bonds. The molecule has 0 radical (unpaired) electrons. The van der Waals surface area contributed by atoms with Gasteiger partial charge >= 0.3 is 0 Å². The van der Waals surface area contributed by atoms with Crippen molar-refractivity contribution < 1.29 is 39.8 Å². The number of aliphatic hydroxyl groups is 5. The smallest absolute Gasteiger partial charge is 0.220 e. The van der Waals surface area contributed by atoms with E-state index >= 15 is 0 Å². The van der Waals surface area contributed by atoms with Crippen molar-refractivity contribution in [2.45, 2.75) is 269 Å². The zero-order valence-corrected chi connectivity index (χ0v) is 49.1. The highest BCUT2D eigenvalue weighted by molar-refractivity contribution is 5.76. The summed E-state index contributed by atoms with van der Waals surface area (Å²) in [6.07, 6.45) is 80.6. The fourth-order valence-corrected chi connectivity index (χ4v) is 8.77. The fourth-order valence-electron chi connectivity index (χ4n) is 8.77. The Balaban J connectivity index is 2.24. The fraction of sp³-hybridized carbons (Fsp3) is 0.638. The molecule has 9 heteroatoms. The highest BCUT2D eigenvalue weighted by Gasteiger charge is 2.44. The van der Waals surface area contributed by atoms with Crippen molar-refractivity contribution in [2.24, 2.45) is 0 Å². The van der Waals surface area contributed by atoms with Gasteiger partial charge in [0.2, 0.25) is 5.91 Å². The van der Waals surface area contributed by atoms with Crippen molar-refractivity contribution in [3.63, 3.8) is 0 Å². The molecule has 0 aromatic heterocycles. The quantitative estimate of drug-likeness (QED) is 0.0261. The monoisotopic (exact) mass is 1080 g/mol. The zero-order valence-electron chi connectivity index (χ0n) is 49.1. The van der Waals surface area contributed by atoms with Gasteiger partial charge in [0.05, 0.1) is 25.4 Å². The summed E-state index contributed by atoms with van der Waals surface area (Å²) in [6.45, 7) is 3.63. The predicted molar refractivity (Wildman–Crippen MR) is 331 cm³/mol. The van der Waals surface area contributed by atoms with Gasteiger partial charge in [0.15, 0.2) is 6.29 Å². The van der Waals surface area contributed by atoms with Crippen LogP contribution < -0.4 is 5.32 Å². The molecule has 0 saturated carbocycles. The second kappa shape index (κ2) is 56.3. The molecule has 7 atom stereocenters. The SMILES string of the molecule is CC/C=C\C/C=C\C/C=C\C/C=C\C/C=C\C/C=C\C/C=C\C/C=C\C/C=C\CCCCCCCCCC(=O)NC(COC1OC(CO)C(O)C(O)C1O)C(O)/C=C/CC/C=C/CC/C=C/CCCCCCCCCCCC. The number of allylic oxidation sites excluding steroid dienone is 23. The van der Waals surface area contributed by atoms with Crippen molar-refractivity contribution in [3.8, 4) is 0 Å². The van der Waals surface area contributed by atoms with Crippen LogP contribution in [0.25, 0.3) is 0 Å². The van der Waals surface area contributed by atoms with Crippen LogP contribution in [0.4, 0.5) is 0 Å². The summed E-state index contributed by atoms with van der Waals surface area (Å²) in [5.41, 5.74) is 0. The summed E-state index contributed by atoms with van der Waals surface area (Å²) in [6, 6.07) is -0.846. The number of hydrogen-bond donors (Lipinski definition) is 6. The molecular weight excluding hydrogens is 971 g/mol. The second-order valence-electron chi connectivity index (χ2n) is 20.7. The van der Waals surface area contributed by atoms with Crippen LogP contribution in [0.3, 0.4) is 0 Å². The summed E-state index contributed by atoms with van der Waals surface area (Å²) in [7, 11) is 0. The van der Waals surface area contributed by atoms with E-state index < -0.39 is 49.5 Å². The number of unbranched alkanes of at least 4 members (excludes halogenated alkanes) is 19. The van der Waals surface area contributed by atoms with Crippen LogP contribution in [0.2, 0.25) is 0 Å². The minimum absolute atomic E-state index is 0.208. The number of carbonyl (C=O) groups is 1. The van der Waals surface area contributed by atoms with E-state index in [0.717, 1.165) is 122 Å². The lowest BCUT2D eigenvalue weighted by Crippen LogP contribution is -2.60. The first-order valence-corrected chi connectivity index (χ1v) is 31.1. The Hall–Kier alpha value is -3.93. The Labute approximate surface area is 476 Å². The first-order chi connectivity index (χ1) is 38.3. The topological polar surface area (TPSA) is 149 Å². The largest absolute Gasteiger partial charge is 0.394 e. The third-order valence-corrected chi connectivity index (χ3v) is 13.6. The molecule has 0 spiro atoms. The van der Waals surface area contributed by atoms with Gasteiger partial charge in [-0.15, -0.1) is 0 Å². The average Bonchev–Trinajstić information content (AvgIpc) is 3.45. The number of carbonyl (C=O) groups excluding carboxylic acids is 1. The lowest BCUT2D eigenvalue weighted by Gasteiger charge is -2.40. The van der Waals surface area contributed by atoms with Gasteiger partial charge in [0, 0.05) is 6.42 Å². The Morgan fingerprint density at radius 3 is 1.23 bits per heavy atom. The molecule has 0 bridgehead atoms. The van der Waals surface area contributed by atoms with Crippen LogP contribution in [-0.2, 0) is 14.3 Å². The van der Waals surface area contributed by atoms with Crippen molar-refractivity contribution in [3.05, 3.63) is 146 Å². The Morgan fingerprint density at radius 2 is 0.808 bits per heavy atom. The number of amides is 1. The number of rotatable bonds is 51. The third-order valence-electron chi connectivity index (χ3n) is 13.6. The molecule has 0 aromatic carbocycles. The zero-order chi connectivity index (χ0) is 56.5. The van der Waals surface area contributed by atoms with Crippen LogP contribution in [0, 0.1) is 0 Å². The maximum atomic E-state index is 13.1. The van der Waals surface area contributed by atoms with Crippen LogP contribution in [-0.4, -0.2) is 87.5 Å². The van der Waals surface area contributed by atoms with E-state index in [-0.39, 0.29) is 12.5 Å². The molecule has 1 rings (SSSR count). The Morgan fingerprint density at radius 1 is 0.449 bits per heavy atom. The predicted octanol–water partition coefficient (Wildman–Crippen LogP) is 16.2. The summed E-state index contributed by atoms with van der Waals surface area (Å²) >= 11 is 0. The van der Waals surface area contributed by atoms with Gasteiger partial charge in [0.25, 0.3) is 0 Å². The van der Waals surface area contributed by atoms with Gasteiger partial charge < -0.3 is 40.3 Å². The third kappa shape index (κ3) is 44.9. The standard InChI is InChI=1S/C69H113NO8/c1-3-5-7-9-11-13-15-17-19-21-23-25-26-27-28-29-30-31-32-33-34-35-36-37-38-39-41-43-45-47-49-51-53-55-57-59-65(73)70-62(61-77-69-68(76)67(75)66(74)64(60-71)78-69)63(72)58-56-54-52-50-48-46-44-42-40-24-22-20-18-16-14-12-10-8-6-4-2/h5,7,11,13,17,19,23,25,27-28,30-31,33-34,36-37,39-42,48,50,56,58,62-64,66-69,71-72,74-76H,3-4,6,8-10,12,14-16,18,20-22,24,26,29,32,35,38,43-47,49,51-55,57,59-61H2,1-2H3,(H,70,73)/b7-5-,13-11-,19-17-,25-23-,28-27-,31-30-,34-33-,37-36-,41-39-,42-40+,50-48+,58-56+. The lowest BCUT2D eigenvalue weighted by atomic mass is 9.99. The number of ether oxygens (including phenoxy) is 2. The molecule has 7 unspecified atom stereocenters. The number of hydrogen-bond acceptors (Lipinski definition) is 8. The van der Waals surface area contributed by atoms with Crippen LogP contribution in [0.5, 0.6) is 0 Å². The summed E-state index contributed by atoms with van der Waals surface area (Å²) in [5.74, 6) is -0.208. The molecule has 442 valence electrons. The number of aliphatic hydroxyl groups excluding tert-OH is 5. The highest BCUT2D eigenvalue weighted by Crippen LogP contribution is 2.23. The van der Waals surface area contributed by atoms with E-state index in [1.807, 2.05) is 6.08 Å². The van der Waals surface area contributed by atoms with Gasteiger partial charge in [-0.1, -0.05) is 250 Å². The van der Waals surface area contributed by atoms with Crippen molar-refractivity contribution >= 4 is 5.91 Å². The second-order valence-corrected chi connectivity index (χ2v) is 20.7. The molecule has 78 heavy (non-hydrogen) atoms. The minimum Gasteiger partial charge on any atom is -0.394 e. The first-order valence-electron chi connectivity index (χ1n) is 31.1. The maximum Gasteiger partial charge on any atom is 0.220 e. The Bertz CT molecular complexity index is 1730. The van der Waals surface area contributed by atoms with Gasteiger partial charge in [-0.3, -0.25) is 4.79 Å². The van der Waals surface area contributed by atoms with Crippen molar-refractivity contribution in [1.82, 2.24) is 5.32 Å². The normalized spacial score (nSPS) is 19.7. The van der Waals surface area contributed by atoms with Crippen molar-refractivity contribution in [2.75, 3.05) is 13.2 Å². The highest BCUT2D eigenvalue weighted by atomic mass is 16.7. The molecule has 0 aliphatic carbocycles. The van der Waals surface area contributed by atoms with E-state index in [2.05, 4.69) is 153 Å². The molecular formula is C69H113NO8. The lowest BCUT2D eigenvalue weighted by molar-refractivity contribution is -0.302. The van der Waals surface area contributed by atoms with Gasteiger partial charge in [-0.2, -0.15) is 0 Å². The van der Waals surface area contributed by atoms with E-state index in [4.69, 9.17) is 9.47 Å². The molecule has 1 aliphatic heterocycles. The average molecular weight is 1080 g/mol. The van der Waals surface area contributed by atoms with Gasteiger partial charge in [0.1, 0.15) is 24.4 Å². The molecule has 1 aliphatic rings. The van der Waals surface area contributed by atoms with E-state index in [1.165, 1.54) is 83.5 Å². The number of nitrogens with one attached hydrogen (secondary N) is 1. The molecule has 0 aromatic rings. The van der Waals surface area contributed by atoms with Crippen LogP contribution in [0.1, 0.15) is 226 Å². The summed E-state index contributed by atoms with van der Waals surface area (Å²) in [5, 5.41) is 54.5. The summed E-state index contributed by atoms with van der Waals surface area (Å²) in [4.78, 5) is 13.1. The minimum atomic E-state index is -1.59. The first kappa shape index (κ1) is 72.1. The van der Waals surface area contributed by atoms with E-state index in [0.29, 0.717) is 6.42 Å². The van der Waals surface area contributed by atoms with Crippen LogP contribution >= 0.6 is 0 Å². The molecule has 1 saturated heterocycles. The molecule has 6 N–H and O–H groups in total. The Kier molecular flexibility index (Phi) is 52.1. The van der Waals surface area contributed by atoms with Gasteiger partial charge in [-0.25, -0.2) is 0 Å². The van der Waals surface area contributed by atoms with E-state index in [1.54, 1.807) is 6.08 Å². The molecule has 1 fully saturated rings. The van der Waals surface area contributed by atoms with Crippen LogP contribution in [0.15, 0.2) is 146 Å². The van der Waals surface area contributed by atoms with E-state index in [9.17, 15) is 30.3 Å². The summed E-state index contributed by atoms with van der Waals surface area (Å²) < 4.78 is 11.3. The molecule has 1 heterocycles. The van der Waals surface area contributed by atoms with Crippen molar-refractivity contribution in [1.29, 1.82) is 0 Å². The maximum absolute atomic E-state index is 13.1. The molecule has 9 nitrogen and oxygen atoms in total.